The van der Waals surface area contributed by atoms with E-state index in [9.17, 15) is 22.8 Å². The molecule has 1 unspecified atom stereocenters. The smallest absolute Gasteiger partial charge is 0.324 e. The Balaban J connectivity index is 1.82. The van der Waals surface area contributed by atoms with Crippen molar-refractivity contribution in [3.63, 3.8) is 0 Å². The molecule has 0 aliphatic carbocycles. The molecular weight excluding hydrogens is 425 g/mol. The van der Waals surface area contributed by atoms with E-state index in [0.29, 0.717) is 16.8 Å². The van der Waals surface area contributed by atoms with Crippen molar-refractivity contribution < 1.29 is 22.8 Å². The van der Waals surface area contributed by atoms with Crippen LogP contribution in [0.2, 0.25) is 0 Å². The van der Waals surface area contributed by atoms with Crippen molar-refractivity contribution in [2.45, 2.75) is 19.1 Å². The summed E-state index contributed by atoms with van der Waals surface area (Å²) in [6, 6.07) is 9.27. The van der Waals surface area contributed by atoms with Crippen molar-refractivity contribution in [1.82, 2.24) is 4.90 Å². The third kappa shape index (κ3) is 3.49. The maximum atomic E-state index is 13.0. The number of anilines is 1. The molecule has 0 saturated heterocycles. The maximum absolute atomic E-state index is 13.0. The van der Waals surface area contributed by atoms with Crippen molar-refractivity contribution in [3.8, 4) is 0 Å². The highest BCUT2D eigenvalue weighted by atomic mass is 79.9. The van der Waals surface area contributed by atoms with Crippen LogP contribution in [0.15, 0.2) is 53.5 Å². The van der Waals surface area contributed by atoms with Crippen molar-refractivity contribution >= 4 is 39.1 Å². The molecule has 1 heterocycles. The molecule has 1 N–H and O–H groups in total. The highest BCUT2D eigenvalue weighted by Gasteiger charge is 2.37. The zero-order valence-corrected chi connectivity index (χ0v) is 15.7. The van der Waals surface area contributed by atoms with E-state index in [4.69, 9.17) is 0 Å². The molecule has 1 aliphatic rings. The molecule has 0 bridgehead atoms. The van der Waals surface area contributed by atoms with E-state index in [-0.39, 0.29) is 16.1 Å². The van der Waals surface area contributed by atoms with E-state index in [1.807, 2.05) is 0 Å². The summed E-state index contributed by atoms with van der Waals surface area (Å²) in [5, 5.41) is 2.43. The van der Waals surface area contributed by atoms with Gasteiger partial charge in [0.1, 0.15) is 6.04 Å². The van der Waals surface area contributed by atoms with E-state index in [1.165, 1.54) is 24.0 Å². The summed E-state index contributed by atoms with van der Waals surface area (Å²) >= 11 is 2.85. The molecule has 27 heavy (non-hydrogen) atoms. The largest absolute Gasteiger partial charge is 0.417 e. The standard InChI is InChI=1S/C19H14BrF3N2O2/c1-10-13-5-3-4-6-14(13)18(27)25(10)11(2)17(26)24-12-7-8-16(20)15(9-12)19(21,22)23/h3-9,11H,1H2,2H3,(H,24,26). The van der Waals surface area contributed by atoms with Crippen LogP contribution in [-0.2, 0) is 11.0 Å². The summed E-state index contributed by atoms with van der Waals surface area (Å²) in [6.07, 6.45) is -4.56. The van der Waals surface area contributed by atoms with Crippen molar-refractivity contribution in [1.29, 1.82) is 0 Å². The molecule has 140 valence electrons. The number of hydrogen-bond acceptors (Lipinski definition) is 2. The van der Waals surface area contributed by atoms with Gasteiger partial charge in [-0.2, -0.15) is 13.2 Å². The van der Waals surface area contributed by atoms with E-state index in [1.54, 1.807) is 24.3 Å². The Morgan fingerprint density at radius 1 is 1.19 bits per heavy atom. The molecule has 1 atom stereocenters. The van der Waals surface area contributed by atoms with Crippen LogP contribution < -0.4 is 5.32 Å². The zero-order chi connectivity index (χ0) is 19.9. The van der Waals surface area contributed by atoms with E-state index >= 15 is 0 Å². The van der Waals surface area contributed by atoms with Crippen LogP contribution >= 0.6 is 15.9 Å². The first-order valence-electron chi connectivity index (χ1n) is 7.90. The molecular formula is C19H14BrF3N2O2. The molecule has 1 aliphatic heterocycles. The molecule has 0 spiro atoms. The average Bonchev–Trinajstić information content (AvgIpc) is 2.86. The minimum absolute atomic E-state index is 0.0165. The molecule has 2 amide bonds. The van der Waals surface area contributed by atoms with Crippen molar-refractivity contribution in [3.05, 3.63) is 70.2 Å². The monoisotopic (exact) mass is 438 g/mol. The first kappa shape index (κ1) is 19.2. The van der Waals surface area contributed by atoms with Gasteiger partial charge < -0.3 is 5.32 Å². The SMILES string of the molecule is C=C1c2ccccc2C(=O)N1C(C)C(=O)Nc1ccc(Br)c(C(F)(F)F)c1. The third-order valence-corrected chi connectivity index (χ3v) is 4.98. The molecule has 4 nitrogen and oxygen atoms in total. The molecule has 2 aromatic carbocycles. The lowest BCUT2D eigenvalue weighted by molar-refractivity contribution is -0.138. The predicted octanol–water partition coefficient (Wildman–Crippen LogP) is 4.92. The van der Waals surface area contributed by atoms with Gasteiger partial charge in [0.05, 0.1) is 5.56 Å². The van der Waals surface area contributed by atoms with Crippen molar-refractivity contribution in [2.75, 3.05) is 5.32 Å². The van der Waals surface area contributed by atoms with E-state index < -0.39 is 23.7 Å². The van der Waals surface area contributed by atoms with Crippen LogP contribution in [0.25, 0.3) is 5.70 Å². The number of nitrogens with zero attached hydrogens (tertiary/aromatic N) is 1. The number of fused-ring (bicyclic) bond motifs is 1. The Bertz CT molecular complexity index is 921. The Morgan fingerprint density at radius 3 is 2.41 bits per heavy atom. The van der Waals surface area contributed by atoms with Crippen LogP contribution in [0.3, 0.4) is 0 Å². The fourth-order valence-electron chi connectivity index (χ4n) is 2.90. The van der Waals surface area contributed by atoms with Crippen molar-refractivity contribution in [2.24, 2.45) is 0 Å². The number of halogens is 4. The number of rotatable bonds is 3. The Labute approximate surface area is 161 Å². The van der Waals surface area contributed by atoms with Crippen LogP contribution in [0.4, 0.5) is 18.9 Å². The Kier molecular flexibility index (Phi) is 4.86. The summed E-state index contributed by atoms with van der Waals surface area (Å²) in [7, 11) is 0. The van der Waals surface area contributed by atoms with Gasteiger partial charge in [-0.3, -0.25) is 14.5 Å². The molecule has 2 aromatic rings. The van der Waals surface area contributed by atoms with Gasteiger partial charge in [-0.25, -0.2) is 0 Å². The number of benzene rings is 2. The second kappa shape index (κ2) is 6.84. The van der Waals surface area contributed by atoms with Crippen LogP contribution in [0, 0.1) is 0 Å². The summed E-state index contributed by atoms with van der Waals surface area (Å²) in [5.41, 5.74) is 0.527. The minimum atomic E-state index is -4.56. The van der Waals surface area contributed by atoms with Gasteiger partial charge >= 0.3 is 6.18 Å². The molecule has 0 radical (unpaired) electrons. The number of carbonyl (C=O) groups excluding carboxylic acids is 2. The topological polar surface area (TPSA) is 49.4 Å². The second-order valence-electron chi connectivity index (χ2n) is 6.03. The molecule has 8 heteroatoms. The van der Waals surface area contributed by atoms with Gasteiger partial charge in [-0.1, -0.05) is 40.7 Å². The molecule has 3 rings (SSSR count). The fourth-order valence-corrected chi connectivity index (χ4v) is 3.37. The maximum Gasteiger partial charge on any atom is 0.417 e. The van der Waals surface area contributed by atoms with Crippen LogP contribution in [-0.4, -0.2) is 22.8 Å². The number of amides is 2. The predicted molar refractivity (Wildman–Crippen MR) is 98.9 cm³/mol. The number of nitrogens with one attached hydrogen (secondary N) is 1. The zero-order valence-electron chi connectivity index (χ0n) is 14.1. The molecule has 0 fully saturated rings. The lowest BCUT2D eigenvalue weighted by Crippen LogP contribution is -2.41. The number of hydrogen-bond donors (Lipinski definition) is 1. The molecule has 0 saturated carbocycles. The van der Waals surface area contributed by atoms with Gasteiger partial charge in [0, 0.05) is 27.0 Å². The van der Waals surface area contributed by atoms with Gasteiger partial charge in [0.15, 0.2) is 0 Å². The van der Waals surface area contributed by atoms with Gasteiger partial charge in [-0.05, 0) is 31.2 Å². The third-order valence-electron chi connectivity index (χ3n) is 4.28. The first-order chi connectivity index (χ1) is 12.6. The molecule has 0 aromatic heterocycles. The normalized spacial score (nSPS) is 14.9. The van der Waals surface area contributed by atoms with Crippen LogP contribution in [0.1, 0.15) is 28.4 Å². The quantitative estimate of drug-likeness (QED) is 0.738. The lowest BCUT2D eigenvalue weighted by Gasteiger charge is -2.24. The summed E-state index contributed by atoms with van der Waals surface area (Å²) in [6.45, 7) is 5.36. The Hall–Kier alpha value is -2.61. The Morgan fingerprint density at radius 2 is 1.81 bits per heavy atom. The summed E-state index contributed by atoms with van der Waals surface area (Å²) < 4.78 is 38.9. The summed E-state index contributed by atoms with van der Waals surface area (Å²) in [4.78, 5) is 26.4. The van der Waals surface area contributed by atoms with E-state index in [2.05, 4.69) is 27.8 Å². The first-order valence-corrected chi connectivity index (χ1v) is 8.70. The van der Waals surface area contributed by atoms with Gasteiger partial charge in [0.25, 0.3) is 5.91 Å². The highest BCUT2D eigenvalue weighted by Crippen LogP contribution is 2.37. The average molecular weight is 439 g/mol. The second-order valence-corrected chi connectivity index (χ2v) is 6.88. The van der Waals surface area contributed by atoms with Gasteiger partial charge in [-0.15, -0.1) is 0 Å². The number of alkyl halides is 3. The lowest BCUT2D eigenvalue weighted by atomic mass is 10.1. The minimum Gasteiger partial charge on any atom is -0.324 e. The van der Waals surface area contributed by atoms with Gasteiger partial charge in [0.2, 0.25) is 5.91 Å². The van der Waals surface area contributed by atoms with Crippen LogP contribution in [0.5, 0.6) is 0 Å². The fraction of sp³-hybridized carbons (Fsp3) is 0.158. The summed E-state index contributed by atoms with van der Waals surface area (Å²) in [5.74, 6) is -0.988. The number of carbonyl (C=O) groups is 2. The van der Waals surface area contributed by atoms with E-state index in [0.717, 1.165) is 6.07 Å². The highest BCUT2D eigenvalue weighted by molar-refractivity contribution is 9.10.